The van der Waals surface area contributed by atoms with Crippen molar-refractivity contribution < 1.29 is 0 Å². The lowest BCUT2D eigenvalue weighted by Crippen LogP contribution is -2.37. The number of benzene rings is 1. The highest BCUT2D eigenvalue weighted by Crippen LogP contribution is 2.17. The molecule has 1 atom stereocenters. The molecule has 1 fully saturated rings. The lowest BCUT2D eigenvalue weighted by molar-refractivity contribution is 0.171. The summed E-state index contributed by atoms with van der Waals surface area (Å²) in [6, 6.07) is 10.7. The molecule has 0 aliphatic carbocycles. The summed E-state index contributed by atoms with van der Waals surface area (Å²) in [4.78, 5) is 2.52. The Morgan fingerprint density at radius 2 is 1.88 bits per heavy atom. The Kier molecular flexibility index (Phi) is 8.61. The Morgan fingerprint density at radius 3 is 2.53 bits per heavy atom. The third kappa shape index (κ3) is 5.26. The number of halogens is 2. The Morgan fingerprint density at radius 1 is 1.18 bits per heavy atom. The van der Waals surface area contributed by atoms with E-state index in [1.54, 1.807) is 0 Å². The lowest BCUT2D eigenvalue weighted by Gasteiger charge is -2.32. The van der Waals surface area contributed by atoms with E-state index in [1.807, 2.05) is 0 Å². The van der Waals surface area contributed by atoms with E-state index in [4.69, 9.17) is 5.73 Å². The van der Waals surface area contributed by atoms with E-state index in [0.717, 1.165) is 13.1 Å². The highest BCUT2D eigenvalue weighted by Gasteiger charge is 2.18. The Labute approximate surface area is 116 Å². The van der Waals surface area contributed by atoms with E-state index in [2.05, 4.69) is 35.2 Å². The van der Waals surface area contributed by atoms with Crippen molar-refractivity contribution in [3.05, 3.63) is 35.9 Å². The van der Waals surface area contributed by atoms with E-state index >= 15 is 0 Å². The molecule has 2 nitrogen and oxygen atoms in total. The summed E-state index contributed by atoms with van der Waals surface area (Å²) in [6.07, 6.45) is 2.61. The third-order valence-corrected chi connectivity index (χ3v) is 3.19. The summed E-state index contributed by atoms with van der Waals surface area (Å²) in [5.41, 5.74) is 7.14. The maximum Gasteiger partial charge on any atom is 0.0233 e. The molecule has 1 aliphatic heterocycles. The van der Waals surface area contributed by atoms with Crippen LogP contribution in [-0.2, 0) is 6.54 Å². The second-order valence-corrected chi connectivity index (χ2v) is 4.46. The molecular formula is C13H22Cl2N2. The van der Waals surface area contributed by atoms with Crippen LogP contribution < -0.4 is 5.73 Å². The number of likely N-dealkylation sites (tertiary alicyclic amines) is 1. The van der Waals surface area contributed by atoms with Crippen LogP contribution in [0.5, 0.6) is 0 Å². The van der Waals surface area contributed by atoms with Crippen LogP contribution in [-0.4, -0.2) is 24.5 Å². The Balaban J connectivity index is 0.00000128. The van der Waals surface area contributed by atoms with Crippen molar-refractivity contribution in [3.8, 4) is 0 Å². The SMILES string of the molecule is Cl.Cl.NC[C@H]1CCCN(Cc2ccccc2)C1. The van der Waals surface area contributed by atoms with Gasteiger partial charge in [0.15, 0.2) is 0 Å². The van der Waals surface area contributed by atoms with Gasteiger partial charge in [-0.3, -0.25) is 4.90 Å². The lowest BCUT2D eigenvalue weighted by atomic mass is 9.98. The van der Waals surface area contributed by atoms with E-state index < -0.39 is 0 Å². The summed E-state index contributed by atoms with van der Waals surface area (Å²) < 4.78 is 0. The molecule has 4 heteroatoms. The molecule has 1 aromatic rings. The monoisotopic (exact) mass is 276 g/mol. The minimum absolute atomic E-state index is 0. The van der Waals surface area contributed by atoms with Gasteiger partial charge in [0.25, 0.3) is 0 Å². The summed E-state index contributed by atoms with van der Waals surface area (Å²) in [5.74, 6) is 0.711. The van der Waals surface area contributed by atoms with Crippen molar-refractivity contribution in [1.82, 2.24) is 4.90 Å². The molecule has 1 aliphatic rings. The largest absolute Gasteiger partial charge is 0.330 e. The predicted molar refractivity (Wildman–Crippen MR) is 78.0 cm³/mol. The average Bonchev–Trinajstić information content (AvgIpc) is 2.31. The van der Waals surface area contributed by atoms with Crippen molar-refractivity contribution in [3.63, 3.8) is 0 Å². The maximum absolute atomic E-state index is 5.73. The molecule has 0 radical (unpaired) electrons. The van der Waals surface area contributed by atoms with Crippen molar-refractivity contribution >= 4 is 24.8 Å². The minimum atomic E-state index is 0. The van der Waals surface area contributed by atoms with Gasteiger partial charge >= 0.3 is 0 Å². The molecule has 2 rings (SSSR count). The highest BCUT2D eigenvalue weighted by molar-refractivity contribution is 5.85. The van der Waals surface area contributed by atoms with Crippen LogP contribution in [0.3, 0.4) is 0 Å². The van der Waals surface area contributed by atoms with Gasteiger partial charge in [0.1, 0.15) is 0 Å². The van der Waals surface area contributed by atoms with Crippen LogP contribution in [0.2, 0.25) is 0 Å². The van der Waals surface area contributed by atoms with Gasteiger partial charge in [-0.25, -0.2) is 0 Å². The second kappa shape index (κ2) is 8.76. The molecule has 1 aromatic carbocycles. The van der Waals surface area contributed by atoms with Crippen molar-refractivity contribution in [2.45, 2.75) is 19.4 Å². The Hall–Kier alpha value is -0.280. The first kappa shape index (κ1) is 16.7. The molecule has 98 valence electrons. The zero-order chi connectivity index (χ0) is 10.5. The van der Waals surface area contributed by atoms with Crippen LogP contribution in [0.1, 0.15) is 18.4 Å². The van der Waals surface area contributed by atoms with Crippen molar-refractivity contribution in [2.75, 3.05) is 19.6 Å². The first-order chi connectivity index (χ1) is 7.38. The van der Waals surface area contributed by atoms with Crippen LogP contribution >= 0.6 is 24.8 Å². The quantitative estimate of drug-likeness (QED) is 0.920. The molecule has 0 unspecified atom stereocenters. The molecule has 1 heterocycles. The van der Waals surface area contributed by atoms with Crippen molar-refractivity contribution in [1.29, 1.82) is 0 Å². The van der Waals surface area contributed by atoms with Crippen LogP contribution in [0.4, 0.5) is 0 Å². The normalized spacial score (nSPS) is 20.2. The summed E-state index contributed by atoms with van der Waals surface area (Å²) in [5, 5.41) is 0. The van der Waals surface area contributed by atoms with Gasteiger partial charge in [0.2, 0.25) is 0 Å². The van der Waals surface area contributed by atoms with Gasteiger partial charge < -0.3 is 5.73 Å². The van der Waals surface area contributed by atoms with E-state index in [-0.39, 0.29) is 24.8 Å². The molecule has 2 N–H and O–H groups in total. The van der Waals surface area contributed by atoms with E-state index in [1.165, 1.54) is 31.5 Å². The fourth-order valence-corrected chi connectivity index (χ4v) is 2.33. The maximum atomic E-state index is 5.73. The van der Waals surface area contributed by atoms with Crippen LogP contribution in [0.15, 0.2) is 30.3 Å². The number of hydrogen-bond acceptors (Lipinski definition) is 2. The smallest absolute Gasteiger partial charge is 0.0233 e. The van der Waals surface area contributed by atoms with Gasteiger partial charge in [-0.1, -0.05) is 30.3 Å². The Bertz CT molecular complexity index is 293. The van der Waals surface area contributed by atoms with Crippen LogP contribution in [0, 0.1) is 5.92 Å². The fourth-order valence-electron chi connectivity index (χ4n) is 2.33. The van der Waals surface area contributed by atoms with Gasteiger partial charge in [-0.2, -0.15) is 0 Å². The topological polar surface area (TPSA) is 29.3 Å². The van der Waals surface area contributed by atoms with E-state index in [9.17, 15) is 0 Å². The number of nitrogens with two attached hydrogens (primary N) is 1. The summed E-state index contributed by atoms with van der Waals surface area (Å²) >= 11 is 0. The van der Waals surface area contributed by atoms with Gasteiger partial charge in [-0.15, -0.1) is 24.8 Å². The first-order valence-corrected chi connectivity index (χ1v) is 5.85. The molecule has 1 saturated heterocycles. The third-order valence-electron chi connectivity index (χ3n) is 3.19. The standard InChI is InChI=1S/C13H20N2.2ClH/c14-9-13-7-4-8-15(11-13)10-12-5-2-1-3-6-12;;/h1-3,5-6,13H,4,7-11,14H2;2*1H/t13-;;/m1../s1. The zero-order valence-corrected chi connectivity index (χ0v) is 11.7. The summed E-state index contributed by atoms with van der Waals surface area (Å²) in [6.45, 7) is 4.32. The zero-order valence-electron chi connectivity index (χ0n) is 10.0. The predicted octanol–water partition coefficient (Wildman–Crippen LogP) is 2.70. The summed E-state index contributed by atoms with van der Waals surface area (Å²) in [7, 11) is 0. The second-order valence-electron chi connectivity index (χ2n) is 4.46. The number of rotatable bonds is 3. The molecular weight excluding hydrogens is 255 g/mol. The molecule has 17 heavy (non-hydrogen) atoms. The average molecular weight is 277 g/mol. The molecule has 0 bridgehead atoms. The molecule has 0 spiro atoms. The van der Waals surface area contributed by atoms with E-state index in [0.29, 0.717) is 5.92 Å². The number of nitrogens with zero attached hydrogens (tertiary/aromatic N) is 1. The fraction of sp³-hybridized carbons (Fsp3) is 0.538. The highest BCUT2D eigenvalue weighted by atomic mass is 35.5. The van der Waals surface area contributed by atoms with Gasteiger partial charge in [-0.05, 0) is 37.4 Å². The first-order valence-electron chi connectivity index (χ1n) is 5.85. The number of hydrogen-bond donors (Lipinski definition) is 1. The van der Waals surface area contributed by atoms with Crippen LogP contribution in [0.25, 0.3) is 0 Å². The molecule has 0 amide bonds. The molecule has 0 saturated carbocycles. The molecule has 0 aromatic heterocycles. The minimum Gasteiger partial charge on any atom is -0.330 e. The van der Waals surface area contributed by atoms with Crippen molar-refractivity contribution in [2.24, 2.45) is 11.7 Å². The van der Waals surface area contributed by atoms with Gasteiger partial charge in [0.05, 0.1) is 0 Å². The number of piperidine rings is 1. The van der Waals surface area contributed by atoms with Gasteiger partial charge in [0, 0.05) is 13.1 Å².